The molecule has 3 rings (SSSR count). The number of aliphatic hydroxyl groups is 1. The predicted molar refractivity (Wildman–Crippen MR) is 122 cm³/mol. The maximum atomic E-state index is 13.3. The minimum Gasteiger partial charge on any atom is -0.466 e. The Balaban J connectivity index is 2.16. The second-order valence-corrected chi connectivity index (χ2v) is 9.27. The van der Waals surface area contributed by atoms with E-state index in [0.717, 1.165) is 27.9 Å². The van der Waals surface area contributed by atoms with Gasteiger partial charge in [0, 0.05) is 19.4 Å². The maximum Gasteiger partial charge on any atom is 0.342 e. The van der Waals surface area contributed by atoms with E-state index in [-0.39, 0.29) is 11.1 Å². The largest absolute Gasteiger partial charge is 0.466 e. The van der Waals surface area contributed by atoms with Crippen LogP contribution in [0.4, 0.5) is 0 Å². The SMILES string of the molecule is C=C1C(=O)O[C@@H]2/C=C(\C)[C@@H]3O[C@@H]3/C=C(/C(=O)OC)[C@H](OC(C)=O)[C@@H](OC(=O)[C@](C)(O)[C@H](C)OC(C)=O)[C@@H]12. The van der Waals surface area contributed by atoms with E-state index in [1.807, 2.05) is 0 Å². The van der Waals surface area contributed by atoms with E-state index >= 15 is 0 Å². The van der Waals surface area contributed by atoms with Crippen LogP contribution < -0.4 is 0 Å². The molecule has 0 aromatic carbocycles. The number of methoxy groups -OCH3 is 1. The Hall–Kier alpha value is -3.51. The Morgan fingerprint density at radius 2 is 1.76 bits per heavy atom. The van der Waals surface area contributed by atoms with Gasteiger partial charge in [0.1, 0.15) is 24.4 Å². The smallest absolute Gasteiger partial charge is 0.342 e. The molecule has 1 aliphatic carbocycles. The van der Waals surface area contributed by atoms with Crippen molar-refractivity contribution in [3.8, 4) is 0 Å². The molecule has 0 amide bonds. The maximum absolute atomic E-state index is 13.3. The summed E-state index contributed by atoms with van der Waals surface area (Å²) in [4.78, 5) is 62.2. The average Bonchev–Trinajstić information content (AvgIpc) is 3.52. The summed E-state index contributed by atoms with van der Waals surface area (Å²) in [5.41, 5.74) is -2.02. The van der Waals surface area contributed by atoms with Crippen LogP contribution >= 0.6 is 0 Å². The van der Waals surface area contributed by atoms with Crippen molar-refractivity contribution in [1.29, 1.82) is 0 Å². The molecule has 8 atom stereocenters. The number of ether oxygens (including phenoxy) is 6. The molecule has 2 saturated heterocycles. The van der Waals surface area contributed by atoms with Gasteiger partial charge in [-0.2, -0.15) is 0 Å². The summed E-state index contributed by atoms with van der Waals surface area (Å²) in [6.45, 7) is 10.0. The second kappa shape index (κ2) is 10.5. The van der Waals surface area contributed by atoms with Crippen molar-refractivity contribution in [1.82, 2.24) is 0 Å². The molecule has 2 heterocycles. The van der Waals surface area contributed by atoms with Crippen molar-refractivity contribution >= 4 is 29.8 Å². The molecular formula is C25H30O12. The molecule has 202 valence electrons. The highest BCUT2D eigenvalue weighted by molar-refractivity contribution is 5.93. The highest BCUT2D eigenvalue weighted by atomic mass is 16.6. The first-order valence-electron chi connectivity index (χ1n) is 11.5. The molecular weight excluding hydrogens is 492 g/mol. The van der Waals surface area contributed by atoms with E-state index in [9.17, 15) is 29.1 Å². The number of rotatable bonds is 6. The van der Waals surface area contributed by atoms with Crippen molar-refractivity contribution in [2.45, 2.75) is 76.8 Å². The van der Waals surface area contributed by atoms with Crippen LogP contribution in [-0.2, 0) is 52.4 Å². The highest BCUT2D eigenvalue weighted by Crippen LogP contribution is 2.41. The van der Waals surface area contributed by atoms with Crippen molar-refractivity contribution in [3.63, 3.8) is 0 Å². The van der Waals surface area contributed by atoms with Crippen LogP contribution in [0.5, 0.6) is 0 Å². The quantitative estimate of drug-likeness (QED) is 0.169. The Kier molecular flexibility index (Phi) is 7.94. The van der Waals surface area contributed by atoms with Crippen LogP contribution in [0.2, 0.25) is 0 Å². The van der Waals surface area contributed by atoms with Crippen molar-refractivity contribution in [3.05, 3.63) is 35.5 Å². The number of epoxide rings is 1. The summed E-state index contributed by atoms with van der Waals surface area (Å²) in [7, 11) is 1.11. The van der Waals surface area contributed by atoms with Gasteiger partial charge in [-0.05, 0) is 38.5 Å². The standard InChI is InChI=1S/C25H30O12/c1-10-8-16-18(11(2)22(28)36-16)21(37-24(30)25(6,31)12(3)33-13(4)26)20(34-14(5)27)15(23(29)32-7)9-17-19(10)35-17/h8-9,12,16-21,31H,2H2,1,3-7H3/b10-8+,15-9+/t12-,16+,17+,18-,19-,20-,21-,25+/m0/s1. The lowest BCUT2D eigenvalue weighted by molar-refractivity contribution is -0.196. The molecule has 0 unspecified atom stereocenters. The Bertz CT molecular complexity index is 1080. The van der Waals surface area contributed by atoms with Gasteiger partial charge in [0.25, 0.3) is 0 Å². The van der Waals surface area contributed by atoms with Gasteiger partial charge < -0.3 is 33.5 Å². The molecule has 0 aromatic rings. The molecule has 0 bridgehead atoms. The van der Waals surface area contributed by atoms with Crippen LogP contribution in [0.15, 0.2) is 35.5 Å². The third kappa shape index (κ3) is 5.75. The zero-order chi connectivity index (χ0) is 27.8. The van der Waals surface area contributed by atoms with E-state index in [1.54, 1.807) is 13.0 Å². The Morgan fingerprint density at radius 1 is 1.11 bits per heavy atom. The summed E-state index contributed by atoms with van der Waals surface area (Å²) < 4.78 is 32.1. The number of esters is 5. The fraction of sp³-hybridized carbons (Fsp3) is 0.560. The fourth-order valence-corrected chi connectivity index (χ4v) is 4.26. The van der Waals surface area contributed by atoms with E-state index in [4.69, 9.17) is 28.4 Å². The van der Waals surface area contributed by atoms with Crippen LogP contribution in [-0.4, -0.2) is 84.3 Å². The number of fused-ring (bicyclic) bond motifs is 2. The van der Waals surface area contributed by atoms with E-state index < -0.39 is 78.0 Å². The molecule has 2 aliphatic heterocycles. The Labute approximate surface area is 213 Å². The van der Waals surface area contributed by atoms with Crippen LogP contribution in [0, 0.1) is 5.92 Å². The van der Waals surface area contributed by atoms with Gasteiger partial charge in [0.15, 0.2) is 17.8 Å². The first kappa shape index (κ1) is 28.1. The lowest BCUT2D eigenvalue weighted by Crippen LogP contribution is -2.53. The number of carbonyl (C=O) groups excluding carboxylic acids is 5. The van der Waals surface area contributed by atoms with Crippen molar-refractivity contribution < 1.29 is 57.5 Å². The number of hydrogen-bond donors (Lipinski definition) is 1. The highest BCUT2D eigenvalue weighted by Gasteiger charge is 2.54. The topological polar surface area (TPSA) is 164 Å². The molecule has 12 heteroatoms. The first-order chi connectivity index (χ1) is 17.2. The fourth-order valence-electron chi connectivity index (χ4n) is 4.26. The normalized spacial score (nSPS) is 33.9. The average molecular weight is 523 g/mol. The second-order valence-electron chi connectivity index (χ2n) is 9.27. The molecule has 3 aliphatic rings. The molecule has 0 aromatic heterocycles. The van der Waals surface area contributed by atoms with Gasteiger partial charge >= 0.3 is 29.8 Å². The van der Waals surface area contributed by atoms with E-state index in [1.165, 1.54) is 13.0 Å². The molecule has 0 saturated carbocycles. The van der Waals surface area contributed by atoms with Crippen molar-refractivity contribution in [2.24, 2.45) is 5.92 Å². The van der Waals surface area contributed by atoms with Crippen LogP contribution in [0.1, 0.15) is 34.6 Å². The zero-order valence-electron chi connectivity index (χ0n) is 21.3. The summed E-state index contributed by atoms with van der Waals surface area (Å²) in [6, 6.07) is 0. The molecule has 37 heavy (non-hydrogen) atoms. The van der Waals surface area contributed by atoms with Gasteiger partial charge in [-0.1, -0.05) is 6.58 Å². The molecule has 1 N–H and O–H groups in total. The summed E-state index contributed by atoms with van der Waals surface area (Å²) in [6.07, 6.45) is -3.61. The van der Waals surface area contributed by atoms with Gasteiger partial charge in [-0.25, -0.2) is 14.4 Å². The monoisotopic (exact) mass is 522 g/mol. The Morgan fingerprint density at radius 3 is 2.32 bits per heavy atom. The van der Waals surface area contributed by atoms with Gasteiger partial charge in [-0.15, -0.1) is 0 Å². The van der Waals surface area contributed by atoms with Gasteiger partial charge in [0.05, 0.1) is 18.6 Å². The van der Waals surface area contributed by atoms with E-state index in [2.05, 4.69) is 6.58 Å². The minimum atomic E-state index is -2.37. The van der Waals surface area contributed by atoms with Gasteiger partial charge in [-0.3, -0.25) is 9.59 Å². The van der Waals surface area contributed by atoms with Crippen molar-refractivity contribution in [2.75, 3.05) is 7.11 Å². The molecule has 2 fully saturated rings. The molecule has 0 radical (unpaired) electrons. The molecule has 0 spiro atoms. The lowest BCUT2D eigenvalue weighted by Gasteiger charge is -2.36. The van der Waals surface area contributed by atoms with Crippen LogP contribution in [0.3, 0.4) is 0 Å². The first-order valence-corrected chi connectivity index (χ1v) is 11.5. The van der Waals surface area contributed by atoms with E-state index in [0.29, 0.717) is 5.57 Å². The summed E-state index contributed by atoms with van der Waals surface area (Å²) in [5, 5.41) is 10.9. The lowest BCUT2D eigenvalue weighted by atomic mass is 9.83. The summed E-state index contributed by atoms with van der Waals surface area (Å²) >= 11 is 0. The molecule has 12 nitrogen and oxygen atoms in total. The van der Waals surface area contributed by atoms with Gasteiger partial charge in [0.2, 0.25) is 0 Å². The number of hydrogen-bond acceptors (Lipinski definition) is 12. The minimum absolute atomic E-state index is 0.116. The third-order valence-corrected chi connectivity index (χ3v) is 6.47. The third-order valence-electron chi connectivity index (χ3n) is 6.47. The zero-order valence-corrected chi connectivity index (χ0v) is 21.3. The summed E-state index contributed by atoms with van der Waals surface area (Å²) in [5.74, 6) is -5.72. The number of carbonyl (C=O) groups is 5. The van der Waals surface area contributed by atoms with Crippen LogP contribution in [0.25, 0.3) is 0 Å². The predicted octanol–water partition coefficient (Wildman–Crippen LogP) is 0.457.